The first-order chi connectivity index (χ1) is 9.29. The zero-order valence-electron chi connectivity index (χ0n) is 14.1. The first kappa shape index (κ1) is 23.6. The Bertz CT molecular complexity index is 191. The molecule has 0 unspecified atom stereocenters. The van der Waals surface area contributed by atoms with Gasteiger partial charge >= 0.3 is 0 Å². The van der Waals surface area contributed by atoms with Gasteiger partial charge in [0.15, 0.2) is 0 Å². The summed E-state index contributed by atoms with van der Waals surface area (Å²) in [5.74, 6) is 0. The molecule has 0 N–H and O–H groups in total. The van der Waals surface area contributed by atoms with Crippen molar-refractivity contribution in [1.82, 2.24) is 9.80 Å². The maximum Gasteiger partial charge on any atom is 0.0108 e. The topological polar surface area (TPSA) is 48.8 Å². The summed E-state index contributed by atoms with van der Waals surface area (Å²) < 4.78 is 0. The van der Waals surface area contributed by atoms with Gasteiger partial charge in [-0.3, -0.25) is 0 Å². The second-order valence-electron chi connectivity index (χ2n) is 5.36. The van der Waals surface area contributed by atoms with E-state index >= 15 is 0 Å². The molecular formula is C15H33CoN5-4. The summed E-state index contributed by atoms with van der Waals surface area (Å²) in [6, 6.07) is 0. The van der Waals surface area contributed by atoms with Crippen molar-refractivity contribution in [3.05, 3.63) is 23.4 Å². The minimum absolute atomic E-state index is 0. The monoisotopic (exact) mass is 342 g/mol. The van der Waals surface area contributed by atoms with Crippen LogP contribution in [0, 0.1) is 7.43 Å². The molecule has 0 spiro atoms. The Morgan fingerprint density at radius 3 is 2.00 bits per heavy atom. The average Bonchev–Trinajstić information content (AvgIpc) is 2.39. The Hall–Kier alpha value is 0.306. The van der Waals surface area contributed by atoms with E-state index in [0.717, 1.165) is 78.3 Å². The smallest absolute Gasteiger partial charge is 0.0108 e. The maximum atomic E-state index is 4.60. The van der Waals surface area contributed by atoms with Crippen molar-refractivity contribution in [2.24, 2.45) is 0 Å². The third-order valence-corrected chi connectivity index (χ3v) is 3.28. The van der Waals surface area contributed by atoms with Crippen LogP contribution in [0.3, 0.4) is 0 Å². The van der Waals surface area contributed by atoms with Gasteiger partial charge in [-0.1, -0.05) is 12.8 Å². The van der Waals surface area contributed by atoms with Crippen LogP contribution in [0.25, 0.3) is 16.0 Å². The van der Waals surface area contributed by atoms with Crippen LogP contribution in [0.15, 0.2) is 0 Å². The van der Waals surface area contributed by atoms with Gasteiger partial charge in [-0.2, -0.15) is 26.2 Å². The number of hydrogen-bond donors (Lipinski definition) is 0. The molecule has 1 saturated heterocycles. The van der Waals surface area contributed by atoms with E-state index in [-0.39, 0.29) is 24.2 Å². The van der Waals surface area contributed by atoms with Gasteiger partial charge in [0.25, 0.3) is 0 Å². The zero-order valence-corrected chi connectivity index (χ0v) is 15.1. The molecule has 21 heavy (non-hydrogen) atoms. The Labute approximate surface area is 142 Å². The molecule has 0 aromatic carbocycles. The van der Waals surface area contributed by atoms with Crippen LogP contribution in [0.4, 0.5) is 0 Å². The molecule has 1 rings (SSSR count). The van der Waals surface area contributed by atoms with E-state index in [1.807, 2.05) is 0 Å². The van der Waals surface area contributed by atoms with Crippen molar-refractivity contribution in [2.45, 2.75) is 12.8 Å². The van der Waals surface area contributed by atoms with Gasteiger partial charge in [0.05, 0.1) is 0 Å². The van der Waals surface area contributed by atoms with E-state index in [4.69, 9.17) is 0 Å². The summed E-state index contributed by atoms with van der Waals surface area (Å²) in [5, 5.41) is 13.6. The van der Waals surface area contributed by atoms with E-state index in [9.17, 15) is 0 Å². The SMILES string of the molecule is CN(C)CCN1CCC[N-]CC[N-]CCC[N-]CC1.[CH3-].[Co]. The van der Waals surface area contributed by atoms with Crippen LogP contribution in [0.2, 0.25) is 0 Å². The normalized spacial score (nSPS) is 20.1. The van der Waals surface area contributed by atoms with Crippen molar-refractivity contribution in [3.8, 4) is 0 Å². The summed E-state index contributed by atoms with van der Waals surface area (Å²) in [7, 11) is 4.26. The van der Waals surface area contributed by atoms with E-state index in [2.05, 4.69) is 39.8 Å². The first-order valence-corrected chi connectivity index (χ1v) is 7.56. The second kappa shape index (κ2) is 16.7. The molecule has 0 aromatic heterocycles. The molecule has 0 bridgehead atoms. The summed E-state index contributed by atoms with van der Waals surface area (Å²) in [5.41, 5.74) is 0. The molecule has 0 aromatic rings. The number of likely N-dealkylation sites (N-methyl/N-ethyl adjacent to an activating group) is 1. The fourth-order valence-electron chi connectivity index (χ4n) is 2.07. The quantitative estimate of drug-likeness (QED) is 0.739. The summed E-state index contributed by atoms with van der Waals surface area (Å²) in [6.45, 7) is 10.1. The van der Waals surface area contributed by atoms with E-state index in [1.54, 1.807) is 0 Å². The zero-order chi connectivity index (χ0) is 13.8. The molecular weight excluding hydrogens is 309 g/mol. The van der Waals surface area contributed by atoms with E-state index < -0.39 is 0 Å². The van der Waals surface area contributed by atoms with Crippen LogP contribution in [-0.4, -0.2) is 89.3 Å². The Kier molecular flexibility index (Phi) is 18.7. The van der Waals surface area contributed by atoms with Crippen molar-refractivity contribution < 1.29 is 16.8 Å². The Balaban J connectivity index is 0. The van der Waals surface area contributed by atoms with E-state index in [0.29, 0.717) is 0 Å². The van der Waals surface area contributed by atoms with Gasteiger partial charge in [0.2, 0.25) is 0 Å². The minimum Gasteiger partial charge on any atom is -0.664 e. The molecule has 0 amide bonds. The van der Waals surface area contributed by atoms with Gasteiger partial charge in [-0.05, 0) is 27.2 Å². The fourth-order valence-corrected chi connectivity index (χ4v) is 2.07. The molecule has 1 radical (unpaired) electrons. The molecule has 1 aliphatic rings. The summed E-state index contributed by atoms with van der Waals surface area (Å²) in [4.78, 5) is 4.77. The number of rotatable bonds is 3. The predicted octanol–water partition coefficient (Wildman–Crippen LogP) is 2.21. The van der Waals surface area contributed by atoms with Gasteiger partial charge in [-0.25, -0.2) is 0 Å². The van der Waals surface area contributed by atoms with Crippen molar-refractivity contribution in [2.75, 3.05) is 79.5 Å². The molecule has 131 valence electrons. The standard InChI is InChI=1S/C14H30N5.CH3.Co/c1-18(2)13-14-19-11-4-7-16-9-8-15-5-3-6-17-10-12-19;;/h3-14H2,1-2H3;1H3;/q-3;-1;. The molecule has 1 fully saturated rings. The van der Waals surface area contributed by atoms with E-state index in [1.165, 1.54) is 0 Å². The third kappa shape index (κ3) is 15.0. The second-order valence-corrected chi connectivity index (χ2v) is 5.36. The van der Waals surface area contributed by atoms with Gasteiger partial charge in [-0.15, -0.1) is 13.1 Å². The first-order valence-electron chi connectivity index (χ1n) is 7.56. The van der Waals surface area contributed by atoms with Gasteiger partial charge < -0.3 is 33.2 Å². The Morgan fingerprint density at radius 1 is 0.810 bits per heavy atom. The van der Waals surface area contributed by atoms with Gasteiger partial charge in [0.1, 0.15) is 0 Å². The number of hydrogen-bond acceptors (Lipinski definition) is 2. The summed E-state index contributed by atoms with van der Waals surface area (Å²) >= 11 is 0. The van der Waals surface area contributed by atoms with Crippen LogP contribution < -0.4 is 0 Å². The third-order valence-electron chi connectivity index (χ3n) is 3.28. The van der Waals surface area contributed by atoms with Gasteiger partial charge in [0, 0.05) is 29.9 Å². The van der Waals surface area contributed by atoms with Crippen LogP contribution in [0.1, 0.15) is 12.8 Å². The molecule has 0 aliphatic carbocycles. The molecule has 5 nitrogen and oxygen atoms in total. The van der Waals surface area contributed by atoms with Crippen LogP contribution in [-0.2, 0) is 16.8 Å². The van der Waals surface area contributed by atoms with Crippen molar-refractivity contribution in [3.63, 3.8) is 0 Å². The molecule has 6 heteroatoms. The molecule has 1 heterocycles. The Morgan fingerprint density at radius 2 is 1.38 bits per heavy atom. The molecule has 0 saturated carbocycles. The molecule has 1 aliphatic heterocycles. The van der Waals surface area contributed by atoms with Crippen LogP contribution >= 0.6 is 0 Å². The maximum absolute atomic E-state index is 4.60. The number of nitrogens with zero attached hydrogens (tertiary/aromatic N) is 5. The van der Waals surface area contributed by atoms with Crippen LogP contribution in [0.5, 0.6) is 0 Å². The van der Waals surface area contributed by atoms with Crippen molar-refractivity contribution >= 4 is 0 Å². The fraction of sp³-hybridized carbons (Fsp3) is 0.933. The minimum atomic E-state index is 0. The summed E-state index contributed by atoms with van der Waals surface area (Å²) in [6.07, 6.45) is 2.26. The average molecular weight is 342 g/mol. The largest absolute Gasteiger partial charge is 0.664 e. The molecule has 0 atom stereocenters. The predicted molar refractivity (Wildman–Crippen MR) is 89.9 cm³/mol. The van der Waals surface area contributed by atoms with Crippen molar-refractivity contribution in [1.29, 1.82) is 0 Å².